The number of esters is 1. The van der Waals surface area contributed by atoms with E-state index in [9.17, 15) is 9.59 Å². The van der Waals surface area contributed by atoms with Crippen LogP contribution in [0.3, 0.4) is 0 Å². The van der Waals surface area contributed by atoms with E-state index in [4.69, 9.17) is 5.11 Å². The summed E-state index contributed by atoms with van der Waals surface area (Å²) in [6.45, 7) is 6.73. The Morgan fingerprint density at radius 3 is 1.52 bits per heavy atom. The lowest BCUT2D eigenvalue weighted by Crippen LogP contribution is -1.93. The summed E-state index contributed by atoms with van der Waals surface area (Å²) in [4.78, 5) is 20.0. The fourth-order valence-electron chi connectivity index (χ4n) is 2.23. The molecule has 136 valence electrons. The van der Waals surface area contributed by atoms with Crippen molar-refractivity contribution < 1.29 is 19.4 Å². The number of hydrogen-bond acceptors (Lipinski definition) is 3. The van der Waals surface area contributed by atoms with Crippen LogP contribution in [-0.2, 0) is 14.3 Å². The second-order valence-corrected chi connectivity index (χ2v) is 5.81. The van der Waals surface area contributed by atoms with Gasteiger partial charge in [0.05, 0.1) is 6.26 Å². The second-order valence-electron chi connectivity index (χ2n) is 5.81. The number of rotatable bonds is 14. The lowest BCUT2D eigenvalue weighted by Gasteiger charge is -2.02. The third kappa shape index (κ3) is 29.4. The Morgan fingerprint density at radius 2 is 1.26 bits per heavy atom. The Kier molecular flexibility index (Phi) is 21.5. The zero-order valence-corrected chi connectivity index (χ0v) is 15.1. The Labute approximate surface area is 142 Å². The highest BCUT2D eigenvalue weighted by Crippen LogP contribution is 2.12. The summed E-state index contributed by atoms with van der Waals surface area (Å²) in [5.41, 5.74) is 0. The van der Waals surface area contributed by atoms with Crippen LogP contribution in [0.1, 0.15) is 97.3 Å². The van der Waals surface area contributed by atoms with E-state index in [-0.39, 0.29) is 5.97 Å². The summed E-state index contributed by atoms with van der Waals surface area (Å²) in [6, 6.07) is 0. The van der Waals surface area contributed by atoms with Crippen LogP contribution in [-0.4, -0.2) is 17.0 Å². The Bertz CT molecular complexity index is 287. The van der Waals surface area contributed by atoms with E-state index >= 15 is 0 Å². The van der Waals surface area contributed by atoms with Crippen LogP contribution >= 0.6 is 0 Å². The van der Waals surface area contributed by atoms with Gasteiger partial charge in [-0.05, 0) is 6.42 Å². The molecule has 0 aliphatic rings. The minimum atomic E-state index is -0.655. The van der Waals surface area contributed by atoms with E-state index in [2.05, 4.69) is 18.2 Å². The van der Waals surface area contributed by atoms with Crippen molar-refractivity contribution in [1.82, 2.24) is 0 Å². The highest BCUT2D eigenvalue weighted by molar-refractivity contribution is 5.66. The topological polar surface area (TPSA) is 63.6 Å². The summed E-state index contributed by atoms with van der Waals surface area (Å²) >= 11 is 0. The number of ether oxygens (including phenoxy) is 1. The van der Waals surface area contributed by atoms with Gasteiger partial charge in [0, 0.05) is 13.3 Å². The van der Waals surface area contributed by atoms with Crippen LogP contribution in [0.4, 0.5) is 0 Å². The largest absolute Gasteiger partial charge is 0.481 e. The molecule has 1 N–H and O–H groups in total. The minimum Gasteiger partial charge on any atom is -0.481 e. The molecular weight excluding hydrogens is 292 g/mol. The van der Waals surface area contributed by atoms with Gasteiger partial charge in [0.25, 0.3) is 0 Å². The first-order valence-corrected chi connectivity index (χ1v) is 9.04. The molecular formula is C19H36O4. The SMILES string of the molecule is C=COC(C)=O.CCCCCCCCCCCCCCC(=O)O. The predicted molar refractivity (Wildman–Crippen MR) is 95.3 cm³/mol. The molecule has 0 rings (SSSR count). The number of hydrogen-bond donors (Lipinski definition) is 1. The minimum absolute atomic E-state index is 0.329. The number of carboxylic acids is 1. The molecule has 0 aliphatic carbocycles. The van der Waals surface area contributed by atoms with Gasteiger partial charge in [0.15, 0.2) is 0 Å². The van der Waals surface area contributed by atoms with E-state index < -0.39 is 5.97 Å². The van der Waals surface area contributed by atoms with Crippen LogP contribution in [0.5, 0.6) is 0 Å². The van der Waals surface area contributed by atoms with Gasteiger partial charge >= 0.3 is 11.9 Å². The van der Waals surface area contributed by atoms with E-state index in [0.717, 1.165) is 19.1 Å². The quantitative estimate of drug-likeness (QED) is 0.246. The molecule has 0 aliphatic heterocycles. The highest BCUT2D eigenvalue weighted by atomic mass is 16.5. The molecule has 0 aromatic rings. The third-order valence-electron chi connectivity index (χ3n) is 3.49. The summed E-state index contributed by atoms with van der Waals surface area (Å²) < 4.78 is 4.17. The van der Waals surface area contributed by atoms with Crippen molar-refractivity contribution in [2.75, 3.05) is 0 Å². The van der Waals surface area contributed by atoms with Crippen molar-refractivity contribution in [2.24, 2.45) is 0 Å². The molecule has 0 saturated carbocycles. The molecule has 4 heteroatoms. The summed E-state index contributed by atoms with van der Waals surface area (Å²) in [5, 5.41) is 8.47. The van der Waals surface area contributed by atoms with Gasteiger partial charge in [0.2, 0.25) is 0 Å². The number of carboxylic acid groups (broad SMARTS) is 1. The maximum absolute atomic E-state index is 10.3. The molecule has 4 nitrogen and oxygen atoms in total. The number of unbranched alkanes of at least 4 members (excludes halogenated alkanes) is 11. The van der Waals surface area contributed by atoms with Crippen molar-refractivity contribution in [1.29, 1.82) is 0 Å². The van der Waals surface area contributed by atoms with Crippen molar-refractivity contribution in [3.05, 3.63) is 12.8 Å². The highest BCUT2D eigenvalue weighted by Gasteiger charge is 1.96. The fraction of sp³-hybridized carbons (Fsp3) is 0.789. The van der Waals surface area contributed by atoms with E-state index in [0.29, 0.717) is 6.42 Å². The number of aliphatic carboxylic acids is 1. The van der Waals surface area contributed by atoms with Crippen molar-refractivity contribution in [3.63, 3.8) is 0 Å². The Hall–Kier alpha value is -1.32. The van der Waals surface area contributed by atoms with Gasteiger partial charge in [0.1, 0.15) is 0 Å². The van der Waals surface area contributed by atoms with E-state index in [1.165, 1.54) is 71.1 Å². The van der Waals surface area contributed by atoms with Crippen LogP contribution in [0.25, 0.3) is 0 Å². The maximum atomic E-state index is 10.3. The van der Waals surface area contributed by atoms with Crippen LogP contribution in [0.2, 0.25) is 0 Å². The first kappa shape index (κ1) is 23.9. The zero-order valence-electron chi connectivity index (χ0n) is 15.1. The van der Waals surface area contributed by atoms with Gasteiger partial charge in [-0.2, -0.15) is 0 Å². The molecule has 0 heterocycles. The molecule has 0 atom stereocenters. The smallest absolute Gasteiger partial charge is 0.307 e. The third-order valence-corrected chi connectivity index (χ3v) is 3.49. The van der Waals surface area contributed by atoms with Crippen molar-refractivity contribution in [3.8, 4) is 0 Å². The number of carbonyl (C=O) groups excluding carboxylic acids is 1. The molecule has 0 spiro atoms. The zero-order chi connectivity index (χ0) is 17.8. The van der Waals surface area contributed by atoms with Crippen molar-refractivity contribution >= 4 is 11.9 Å². The van der Waals surface area contributed by atoms with Crippen LogP contribution < -0.4 is 0 Å². The predicted octanol–water partition coefficient (Wildman–Crippen LogP) is 5.86. The first-order valence-electron chi connectivity index (χ1n) is 9.04. The molecule has 0 amide bonds. The normalized spacial score (nSPS) is 9.65. The molecule has 23 heavy (non-hydrogen) atoms. The fourth-order valence-corrected chi connectivity index (χ4v) is 2.23. The van der Waals surface area contributed by atoms with Gasteiger partial charge in [-0.15, -0.1) is 0 Å². The first-order chi connectivity index (χ1) is 11.0. The molecule has 0 radical (unpaired) electrons. The van der Waals surface area contributed by atoms with Gasteiger partial charge in [-0.3, -0.25) is 9.59 Å². The van der Waals surface area contributed by atoms with E-state index in [1.54, 1.807) is 0 Å². The van der Waals surface area contributed by atoms with E-state index in [1.807, 2.05) is 0 Å². The monoisotopic (exact) mass is 328 g/mol. The summed E-state index contributed by atoms with van der Waals surface area (Å²) in [5.74, 6) is -0.984. The molecule has 0 unspecified atom stereocenters. The molecule has 0 aromatic heterocycles. The second kappa shape index (κ2) is 20.7. The molecule has 0 bridgehead atoms. The average Bonchev–Trinajstić information content (AvgIpc) is 2.48. The molecule has 0 aromatic carbocycles. The molecule has 0 fully saturated rings. The van der Waals surface area contributed by atoms with Gasteiger partial charge < -0.3 is 9.84 Å². The maximum Gasteiger partial charge on any atom is 0.307 e. The summed E-state index contributed by atoms with van der Waals surface area (Å²) in [6.07, 6.45) is 16.9. The van der Waals surface area contributed by atoms with Gasteiger partial charge in [-0.25, -0.2) is 0 Å². The van der Waals surface area contributed by atoms with Crippen LogP contribution in [0.15, 0.2) is 12.8 Å². The van der Waals surface area contributed by atoms with Crippen LogP contribution in [0, 0.1) is 0 Å². The van der Waals surface area contributed by atoms with Gasteiger partial charge in [-0.1, -0.05) is 84.1 Å². The Balaban J connectivity index is 0. The summed E-state index contributed by atoms with van der Waals surface area (Å²) in [7, 11) is 0. The Morgan fingerprint density at radius 1 is 0.870 bits per heavy atom. The molecule has 0 saturated heterocycles. The standard InChI is InChI=1S/C15H30O2.C4H6O2/c1-2-3-4-5-6-7-8-9-10-11-12-13-14-15(16)17;1-3-6-4(2)5/h2-14H2,1H3,(H,16,17);3H,1H2,2H3. The lowest BCUT2D eigenvalue weighted by molar-refractivity contribution is -0.137. The lowest BCUT2D eigenvalue weighted by atomic mass is 10.0. The van der Waals surface area contributed by atoms with Crippen molar-refractivity contribution in [2.45, 2.75) is 97.3 Å². The average molecular weight is 328 g/mol. The number of carbonyl (C=O) groups is 2.